The predicted molar refractivity (Wildman–Crippen MR) is 69.5 cm³/mol. The third kappa shape index (κ3) is 3.59. The van der Waals surface area contributed by atoms with Gasteiger partial charge in [0.05, 0.1) is 5.75 Å². The minimum absolute atomic E-state index is 0.0526. The van der Waals surface area contributed by atoms with Crippen molar-refractivity contribution in [3.05, 3.63) is 0 Å². The van der Waals surface area contributed by atoms with E-state index in [0.717, 1.165) is 4.90 Å². The molecule has 1 unspecified atom stereocenters. The lowest BCUT2D eigenvalue weighted by molar-refractivity contribution is -0.227. The van der Waals surface area contributed by atoms with Crippen LogP contribution in [0.15, 0.2) is 0 Å². The first-order chi connectivity index (χ1) is 8.89. The maximum Gasteiger partial charge on any atom is 0.406 e. The van der Waals surface area contributed by atoms with Crippen molar-refractivity contribution in [2.75, 3.05) is 18.8 Å². The van der Waals surface area contributed by atoms with Gasteiger partial charge in [0.25, 0.3) is 0 Å². The third-order valence-electron chi connectivity index (χ3n) is 3.20. The topological polar surface area (TPSA) is 57.6 Å². The molecule has 0 aromatic heterocycles. The fourth-order valence-electron chi connectivity index (χ4n) is 1.92. The number of hydrogen-bond donors (Lipinski definition) is 1. The SMILES string of the molecule is CC(C)(C)SCC(=O)N1CCC(C(=O)O)(C(F)(F)F)C1. The fourth-order valence-corrected chi connectivity index (χ4v) is 2.66. The molecule has 116 valence electrons. The fraction of sp³-hybridized carbons (Fsp3) is 0.833. The van der Waals surface area contributed by atoms with Crippen molar-refractivity contribution in [1.29, 1.82) is 0 Å². The number of likely N-dealkylation sites (tertiary alicyclic amines) is 1. The minimum atomic E-state index is -4.86. The smallest absolute Gasteiger partial charge is 0.406 e. The van der Waals surface area contributed by atoms with Crippen LogP contribution in [-0.4, -0.2) is 51.6 Å². The number of rotatable bonds is 3. The van der Waals surface area contributed by atoms with Crippen LogP contribution in [0.5, 0.6) is 0 Å². The van der Waals surface area contributed by atoms with Gasteiger partial charge in [-0.1, -0.05) is 20.8 Å². The monoisotopic (exact) mass is 313 g/mol. The quantitative estimate of drug-likeness (QED) is 0.869. The summed E-state index contributed by atoms with van der Waals surface area (Å²) in [6.45, 7) is 4.72. The molecule has 1 atom stereocenters. The number of nitrogens with zero attached hydrogens (tertiary/aromatic N) is 1. The number of alkyl halides is 3. The molecule has 0 aliphatic carbocycles. The molecule has 1 aliphatic heterocycles. The minimum Gasteiger partial charge on any atom is -0.481 e. The summed E-state index contributed by atoms with van der Waals surface area (Å²) in [4.78, 5) is 23.9. The second-order valence-corrected chi connectivity index (χ2v) is 7.65. The molecule has 8 heteroatoms. The zero-order valence-corrected chi connectivity index (χ0v) is 12.4. The van der Waals surface area contributed by atoms with Gasteiger partial charge < -0.3 is 10.0 Å². The number of amides is 1. The standard InChI is InChI=1S/C12H18F3NO3S/c1-10(2,3)20-6-8(17)16-5-4-11(7-16,9(18)19)12(13,14)15/h4-7H2,1-3H3,(H,18,19). The van der Waals surface area contributed by atoms with Crippen LogP contribution < -0.4 is 0 Å². The number of carboxylic acid groups (broad SMARTS) is 1. The van der Waals surface area contributed by atoms with E-state index >= 15 is 0 Å². The highest BCUT2D eigenvalue weighted by Gasteiger charge is 2.64. The molecule has 0 saturated carbocycles. The Morgan fingerprint density at radius 3 is 2.20 bits per heavy atom. The van der Waals surface area contributed by atoms with E-state index in [1.54, 1.807) is 0 Å². The maximum atomic E-state index is 13.0. The first-order valence-corrected chi connectivity index (χ1v) is 7.09. The van der Waals surface area contributed by atoms with Crippen molar-refractivity contribution in [3.63, 3.8) is 0 Å². The Morgan fingerprint density at radius 2 is 1.85 bits per heavy atom. The maximum absolute atomic E-state index is 13.0. The number of carboxylic acids is 1. The zero-order valence-electron chi connectivity index (χ0n) is 11.6. The summed E-state index contributed by atoms with van der Waals surface area (Å²) in [7, 11) is 0. The van der Waals surface area contributed by atoms with Gasteiger partial charge in [-0.25, -0.2) is 0 Å². The van der Waals surface area contributed by atoms with E-state index in [9.17, 15) is 22.8 Å². The molecule has 0 bridgehead atoms. The molecule has 0 aromatic carbocycles. The Hall–Kier alpha value is -0.920. The second kappa shape index (κ2) is 5.46. The summed E-state index contributed by atoms with van der Waals surface area (Å²) in [5.41, 5.74) is -2.82. The lowest BCUT2D eigenvalue weighted by Gasteiger charge is -2.27. The van der Waals surface area contributed by atoms with E-state index in [2.05, 4.69) is 0 Å². The van der Waals surface area contributed by atoms with Gasteiger partial charge in [-0.2, -0.15) is 13.2 Å². The summed E-state index contributed by atoms with van der Waals surface area (Å²) in [5.74, 6) is -2.31. The van der Waals surface area contributed by atoms with Crippen molar-refractivity contribution >= 4 is 23.6 Å². The normalized spacial score (nSPS) is 24.0. The third-order valence-corrected chi connectivity index (χ3v) is 4.46. The predicted octanol–water partition coefficient (Wildman–Crippen LogP) is 2.38. The Balaban J connectivity index is 2.75. The molecule has 4 nitrogen and oxygen atoms in total. The van der Waals surface area contributed by atoms with Gasteiger partial charge >= 0.3 is 12.1 Å². The molecular formula is C12H18F3NO3S. The molecule has 1 heterocycles. The van der Waals surface area contributed by atoms with Gasteiger partial charge in [-0.3, -0.25) is 9.59 Å². The Morgan fingerprint density at radius 1 is 1.30 bits per heavy atom. The second-order valence-electron chi connectivity index (χ2n) is 5.85. The van der Waals surface area contributed by atoms with Crippen molar-refractivity contribution in [2.24, 2.45) is 5.41 Å². The van der Waals surface area contributed by atoms with Gasteiger partial charge in [0.1, 0.15) is 0 Å². The highest BCUT2D eigenvalue weighted by atomic mass is 32.2. The van der Waals surface area contributed by atoms with Crippen molar-refractivity contribution < 1.29 is 27.9 Å². The van der Waals surface area contributed by atoms with E-state index in [-0.39, 0.29) is 17.0 Å². The Labute approximate surface area is 119 Å². The summed E-state index contributed by atoms with van der Waals surface area (Å²) in [6.07, 6.45) is -5.44. The Kier molecular flexibility index (Phi) is 4.68. The summed E-state index contributed by atoms with van der Waals surface area (Å²) < 4.78 is 38.7. The lowest BCUT2D eigenvalue weighted by atomic mass is 9.86. The largest absolute Gasteiger partial charge is 0.481 e. The molecule has 1 N–H and O–H groups in total. The van der Waals surface area contributed by atoms with Gasteiger partial charge in [-0.15, -0.1) is 11.8 Å². The molecular weight excluding hydrogens is 295 g/mol. The van der Waals surface area contributed by atoms with Crippen LogP contribution in [0, 0.1) is 5.41 Å². The first-order valence-electron chi connectivity index (χ1n) is 6.11. The average Bonchev–Trinajstić information content (AvgIpc) is 2.70. The number of halogens is 3. The van der Waals surface area contributed by atoms with Gasteiger partial charge in [0, 0.05) is 17.8 Å². The van der Waals surface area contributed by atoms with Gasteiger partial charge in [0.2, 0.25) is 5.91 Å². The van der Waals surface area contributed by atoms with E-state index in [0.29, 0.717) is 0 Å². The van der Waals surface area contributed by atoms with Crippen LogP contribution in [0.3, 0.4) is 0 Å². The van der Waals surface area contributed by atoms with Crippen LogP contribution in [0.1, 0.15) is 27.2 Å². The average molecular weight is 313 g/mol. The van der Waals surface area contributed by atoms with Crippen LogP contribution in [0.25, 0.3) is 0 Å². The number of hydrogen-bond acceptors (Lipinski definition) is 3. The molecule has 0 spiro atoms. The molecule has 20 heavy (non-hydrogen) atoms. The van der Waals surface area contributed by atoms with Crippen molar-refractivity contribution in [2.45, 2.75) is 38.1 Å². The number of thioether (sulfide) groups is 1. The molecule has 0 radical (unpaired) electrons. The van der Waals surface area contributed by atoms with Crippen LogP contribution in [-0.2, 0) is 9.59 Å². The van der Waals surface area contributed by atoms with Crippen molar-refractivity contribution in [1.82, 2.24) is 4.90 Å². The van der Waals surface area contributed by atoms with Crippen molar-refractivity contribution in [3.8, 4) is 0 Å². The van der Waals surface area contributed by atoms with Crippen LogP contribution in [0.4, 0.5) is 13.2 Å². The number of aliphatic carboxylic acids is 1. The lowest BCUT2D eigenvalue weighted by Crippen LogP contribution is -2.48. The zero-order chi connectivity index (χ0) is 15.8. The molecule has 1 rings (SSSR count). The van der Waals surface area contributed by atoms with E-state index < -0.39 is 36.4 Å². The summed E-state index contributed by atoms with van der Waals surface area (Å²) in [6, 6.07) is 0. The van der Waals surface area contributed by atoms with E-state index in [1.165, 1.54) is 11.8 Å². The summed E-state index contributed by atoms with van der Waals surface area (Å²) >= 11 is 1.32. The van der Waals surface area contributed by atoms with Gasteiger partial charge in [-0.05, 0) is 6.42 Å². The first kappa shape index (κ1) is 17.1. The molecule has 0 aromatic rings. The Bertz CT molecular complexity index is 406. The molecule has 1 aliphatic rings. The highest BCUT2D eigenvalue weighted by Crippen LogP contribution is 2.45. The number of carbonyl (C=O) groups excluding carboxylic acids is 1. The summed E-state index contributed by atoms with van der Waals surface area (Å²) in [5, 5.41) is 8.89. The van der Waals surface area contributed by atoms with Crippen LogP contribution in [0.2, 0.25) is 0 Å². The van der Waals surface area contributed by atoms with E-state index in [4.69, 9.17) is 5.11 Å². The molecule has 1 amide bonds. The molecule has 1 fully saturated rings. The van der Waals surface area contributed by atoms with E-state index in [1.807, 2.05) is 20.8 Å². The van der Waals surface area contributed by atoms with Crippen LogP contribution >= 0.6 is 11.8 Å². The number of carbonyl (C=O) groups is 2. The molecule has 1 saturated heterocycles. The highest BCUT2D eigenvalue weighted by molar-refractivity contribution is 8.01. The van der Waals surface area contributed by atoms with Gasteiger partial charge in [0.15, 0.2) is 5.41 Å².